The number of ether oxygens (including phenoxy) is 1. The molecule has 4 nitrogen and oxygen atoms in total. The summed E-state index contributed by atoms with van der Waals surface area (Å²) in [7, 11) is 1.33. The Kier molecular flexibility index (Phi) is 5.31. The molecule has 0 radical (unpaired) electrons. The van der Waals surface area contributed by atoms with E-state index in [2.05, 4.69) is 17.0 Å². The van der Waals surface area contributed by atoms with Crippen molar-refractivity contribution in [3.63, 3.8) is 0 Å². The van der Waals surface area contributed by atoms with E-state index in [-0.39, 0.29) is 11.8 Å². The van der Waals surface area contributed by atoms with E-state index < -0.39 is 5.97 Å². The lowest BCUT2D eigenvalue weighted by Gasteiger charge is -2.13. The molecule has 114 valence electrons. The van der Waals surface area contributed by atoms with Crippen molar-refractivity contribution >= 4 is 11.9 Å². The molecular weight excluding hydrogens is 278 g/mol. The van der Waals surface area contributed by atoms with Gasteiger partial charge in [0, 0.05) is 12.1 Å². The second-order valence-corrected chi connectivity index (χ2v) is 5.09. The molecule has 2 aromatic carbocycles. The first-order valence-electron chi connectivity index (χ1n) is 7.13. The van der Waals surface area contributed by atoms with Gasteiger partial charge >= 0.3 is 5.97 Å². The maximum Gasteiger partial charge on any atom is 0.337 e. The molecule has 0 aliphatic heterocycles. The summed E-state index contributed by atoms with van der Waals surface area (Å²) < 4.78 is 4.63. The average Bonchev–Trinajstić information content (AvgIpc) is 2.59. The van der Waals surface area contributed by atoms with E-state index in [9.17, 15) is 9.59 Å². The van der Waals surface area contributed by atoms with Gasteiger partial charge in [-0.1, -0.05) is 37.3 Å². The summed E-state index contributed by atoms with van der Waals surface area (Å²) in [5.41, 5.74) is 2.13. The van der Waals surface area contributed by atoms with Crippen LogP contribution in [0.5, 0.6) is 0 Å². The minimum absolute atomic E-state index is 0.154. The molecule has 0 heterocycles. The van der Waals surface area contributed by atoms with Crippen LogP contribution in [0.4, 0.5) is 0 Å². The number of methoxy groups -OCH3 is 1. The Labute approximate surface area is 130 Å². The van der Waals surface area contributed by atoms with Gasteiger partial charge in [0.25, 0.3) is 5.91 Å². The van der Waals surface area contributed by atoms with E-state index in [1.54, 1.807) is 24.3 Å². The van der Waals surface area contributed by atoms with Crippen molar-refractivity contribution in [1.82, 2.24) is 5.32 Å². The summed E-state index contributed by atoms with van der Waals surface area (Å²) in [4.78, 5) is 23.4. The van der Waals surface area contributed by atoms with Crippen LogP contribution < -0.4 is 5.32 Å². The number of carbonyl (C=O) groups is 2. The zero-order valence-electron chi connectivity index (χ0n) is 12.7. The van der Waals surface area contributed by atoms with E-state index >= 15 is 0 Å². The Bertz CT molecular complexity index is 635. The Morgan fingerprint density at radius 1 is 1.00 bits per heavy atom. The summed E-state index contributed by atoms with van der Waals surface area (Å²) >= 11 is 0. The van der Waals surface area contributed by atoms with Gasteiger partial charge in [-0.3, -0.25) is 4.79 Å². The van der Waals surface area contributed by atoms with Gasteiger partial charge in [-0.05, 0) is 35.7 Å². The van der Waals surface area contributed by atoms with Crippen LogP contribution in [0.2, 0.25) is 0 Å². The van der Waals surface area contributed by atoms with Crippen molar-refractivity contribution in [2.75, 3.05) is 13.7 Å². The van der Waals surface area contributed by atoms with Crippen LogP contribution in [0.15, 0.2) is 54.6 Å². The minimum Gasteiger partial charge on any atom is -0.465 e. The number of rotatable bonds is 5. The molecule has 1 atom stereocenters. The number of carbonyl (C=O) groups excluding carboxylic acids is 2. The molecule has 0 bridgehead atoms. The fraction of sp³-hybridized carbons (Fsp3) is 0.222. The highest BCUT2D eigenvalue weighted by molar-refractivity contribution is 5.96. The normalized spacial score (nSPS) is 11.5. The third-order valence-electron chi connectivity index (χ3n) is 3.51. The highest BCUT2D eigenvalue weighted by Gasteiger charge is 2.11. The Balaban J connectivity index is 1.93. The van der Waals surface area contributed by atoms with Crippen LogP contribution >= 0.6 is 0 Å². The largest absolute Gasteiger partial charge is 0.465 e. The molecule has 2 rings (SSSR count). The first kappa shape index (κ1) is 15.8. The van der Waals surface area contributed by atoms with Crippen LogP contribution in [-0.2, 0) is 4.74 Å². The van der Waals surface area contributed by atoms with Gasteiger partial charge in [-0.15, -0.1) is 0 Å². The Hall–Kier alpha value is -2.62. The van der Waals surface area contributed by atoms with Crippen molar-refractivity contribution in [2.45, 2.75) is 12.8 Å². The van der Waals surface area contributed by atoms with Crippen molar-refractivity contribution in [3.8, 4) is 0 Å². The summed E-state index contributed by atoms with van der Waals surface area (Å²) in [5, 5.41) is 2.90. The zero-order chi connectivity index (χ0) is 15.9. The van der Waals surface area contributed by atoms with Crippen LogP contribution in [0.1, 0.15) is 39.1 Å². The average molecular weight is 297 g/mol. The number of nitrogens with one attached hydrogen (secondary N) is 1. The van der Waals surface area contributed by atoms with Gasteiger partial charge in [0.2, 0.25) is 0 Å². The fourth-order valence-electron chi connectivity index (χ4n) is 2.12. The van der Waals surface area contributed by atoms with Crippen molar-refractivity contribution < 1.29 is 14.3 Å². The molecule has 0 aliphatic rings. The molecule has 0 saturated carbocycles. The minimum atomic E-state index is -0.412. The quantitative estimate of drug-likeness (QED) is 0.863. The predicted molar refractivity (Wildman–Crippen MR) is 85.0 cm³/mol. The topological polar surface area (TPSA) is 55.4 Å². The fourth-order valence-corrected chi connectivity index (χ4v) is 2.12. The molecule has 0 spiro atoms. The lowest BCUT2D eigenvalue weighted by molar-refractivity contribution is 0.0600. The van der Waals surface area contributed by atoms with Crippen LogP contribution in [0.3, 0.4) is 0 Å². The van der Waals surface area contributed by atoms with Crippen LogP contribution in [0, 0.1) is 0 Å². The number of hydrogen-bond donors (Lipinski definition) is 1. The molecular formula is C18H19NO3. The first-order valence-corrected chi connectivity index (χ1v) is 7.13. The standard InChI is InChI=1S/C18H19NO3/c1-13(14-6-4-3-5-7-14)12-19-17(20)15-8-10-16(11-9-15)18(21)22-2/h3-11,13H,12H2,1-2H3,(H,19,20)/t13-/m0/s1. The lowest BCUT2D eigenvalue weighted by atomic mass is 10.0. The molecule has 0 saturated heterocycles. The van der Waals surface area contributed by atoms with Crippen LogP contribution in [0.25, 0.3) is 0 Å². The summed E-state index contributed by atoms with van der Waals surface area (Å²) in [6.07, 6.45) is 0. The van der Waals surface area contributed by atoms with Gasteiger partial charge in [0.1, 0.15) is 0 Å². The van der Waals surface area contributed by atoms with Gasteiger partial charge in [-0.25, -0.2) is 4.79 Å². The molecule has 2 aromatic rings. The highest BCUT2D eigenvalue weighted by Crippen LogP contribution is 2.13. The summed E-state index contributed by atoms with van der Waals surface area (Å²) in [6.45, 7) is 2.62. The summed E-state index contributed by atoms with van der Waals surface area (Å²) in [6, 6.07) is 16.4. The monoisotopic (exact) mass is 297 g/mol. The lowest BCUT2D eigenvalue weighted by Crippen LogP contribution is -2.27. The number of amides is 1. The molecule has 0 aliphatic carbocycles. The maximum absolute atomic E-state index is 12.1. The smallest absolute Gasteiger partial charge is 0.337 e. The van der Waals surface area contributed by atoms with Gasteiger partial charge in [-0.2, -0.15) is 0 Å². The van der Waals surface area contributed by atoms with E-state index in [0.717, 1.165) is 0 Å². The van der Waals surface area contributed by atoms with E-state index in [4.69, 9.17) is 0 Å². The maximum atomic E-state index is 12.1. The Morgan fingerprint density at radius 2 is 1.59 bits per heavy atom. The molecule has 22 heavy (non-hydrogen) atoms. The van der Waals surface area contributed by atoms with Crippen molar-refractivity contribution in [2.24, 2.45) is 0 Å². The number of benzene rings is 2. The molecule has 1 amide bonds. The van der Waals surface area contributed by atoms with Gasteiger partial charge in [0.15, 0.2) is 0 Å². The highest BCUT2D eigenvalue weighted by atomic mass is 16.5. The Morgan fingerprint density at radius 3 is 2.18 bits per heavy atom. The van der Waals surface area contributed by atoms with Gasteiger partial charge < -0.3 is 10.1 Å². The van der Waals surface area contributed by atoms with E-state index in [0.29, 0.717) is 17.7 Å². The third-order valence-corrected chi connectivity index (χ3v) is 3.51. The van der Waals surface area contributed by atoms with Crippen LogP contribution in [-0.4, -0.2) is 25.5 Å². The predicted octanol–water partition coefficient (Wildman–Crippen LogP) is 3.01. The molecule has 1 N–H and O–H groups in total. The third kappa shape index (κ3) is 3.95. The SMILES string of the molecule is COC(=O)c1ccc(C(=O)NC[C@H](C)c2ccccc2)cc1. The van der Waals surface area contributed by atoms with E-state index in [1.807, 2.05) is 30.3 Å². The molecule has 0 unspecified atom stereocenters. The molecule has 4 heteroatoms. The second kappa shape index (κ2) is 7.41. The van der Waals surface area contributed by atoms with E-state index in [1.165, 1.54) is 12.7 Å². The number of hydrogen-bond acceptors (Lipinski definition) is 3. The van der Waals surface area contributed by atoms with Gasteiger partial charge in [0.05, 0.1) is 12.7 Å². The zero-order valence-corrected chi connectivity index (χ0v) is 12.7. The molecule has 0 aromatic heterocycles. The van der Waals surface area contributed by atoms with Crippen molar-refractivity contribution in [3.05, 3.63) is 71.3 Å². The summed E-state index contributed by atoms with van der Waals surface area (Å²) in [5.74, 6) is -0.330. The number of esters is 1. The molecule has 0 fully saturated rings. The first-order chi connectivity index (χ1) is 10.6. The second-order valence-electron chi connectivity index (χ2n) is 5.09. The van der Waals surface area contributed by atoms with Crippen molar-refractivity contribution in [1.29, 1.82) is 0 Å².